The van der Waals surface area contributed by atoms with Gasteiger partial charge >= 0.3 is 0 Å². The summed E-state index contributed by atoms with van der Waals surface area (Å²) < 4.78 is 0. The van der Waals surface area contributed by atoms with E-state index in [0.717, 1.165) is 18.8 Å². The number of benzene rings is 1. The lowest BCUT2D eigenvalue weighted by Gasteiger charge is -2.06. The fourth-order valence-electron chi connectivity index (χ4n) is 1.00. The second kappa shape index (κ2) is 6.46. The van der Waals surface area contributed by atoms with Crippen molar-refractivity contribution in [3.05, 3.63) is 30.3 Å². The topological polar surface area (TPSA) is 44.3 Å². The van der Waals surface area contributed by atoms with Crippen molar-refractivity contribution in [2.75, 3.05) is 31.6 Å². The zero-order chi connectivity index (χ0) is 9.36. The van der Waals surface area contributed by atoms with Crippen LogP contribution in [0.25, 0.3) is 0 Å². The van der Waals surface area contributed by atoms with Gasteiger partial charge in [-0.05, 0) is 18.2 Å². The summed E-state index contributed by atoms with van der Waals surface area (Å²) >= 11 is 0. The van der Waals surface area contributed by atoms with Crippen molar-refractivity contribution in [3.8, 4) is 0 Å². The molecule has 0 fully saturated rings. The number of hydrogen-bond donors (Lipinski definition) is 3. The van der Waals surface area contributed by atoms with Crippen LogP contribution in [0.3, 0.4) is 0 Å². The van der Waals surface area contributed by atoms with Crippen LogP contribution in [-0.4, -0.2) is 31.3 Å². The Labute approximate surface area is 78.8 Å². The Morgan fingerprint density at radius 2 is 1.92 bits per heavy atom. The van der Waals surface area contributed by atoms with E-state index in [1.807, 2.05) is 24.3 Å². The van der Waals surface area contributed by atoms with Crippen LogP contribution < -0.4 is 10.6 Å². The Kier molecular flexibility index (Phi) is 4.98. The minimum Gasteiger partial charge on any atom is -0.395 e. The summed E-state index contributed by atoms with van der Waals surface area (Å²) in [5.74, 6) is 0. The molecule has 0 bridgehead atoms. The van der Waals surface area contributed by atoms with Gasteiger partial charge in [0.1, 0.15) is 0 Å². The van der Waals surface area contributed by atoms with Crippen molar-refractivity contribution in [1.29, 1.82) is 0 Å². The predicted octanol–water partition coefficient (Wildman–Crippen LogP) is 0.481. The molecule has 1 rings (SSSR count). The Morgan fingerprint density at radius 1 is 1.15 bits per heavy atom. The molecule has 1 aromatic rings. The van der Waals surface area contributed by atoms with Crippen LogP contribution in [-0.2, 0) is 0 Å². The third-order valence-electron chi connectivity index (χ3n) is 1.64. The summed E-state index contributed by atoms with van der Waals surface area (Å²) in [5.41, 5.74) is 1.10. The Morgan fingerprint density at radius 3 is 2.62 bits per heavy atom. The van der Waals surface area contributed by atoms with E-state index in [-0.39, 0.29) is 6.61 Å². The van der Waals surface area contributed by atoms with Gasteiger partial charge in [0.05, 0.1) is 6.61 Å². The van der Waals surface area contributed by atoms with Gasteiger partial charge in [-0.15, -0.1) is 0 Å². The minimum atomic E-state index is 0.195. The van der Waals surface area contributed by atoms with Crippen molar-refractivity contribution in [1.82, 2.24) is 5.32 Å². The first-order chi connectivity index (χ1) is 6.43. The zero-order valence-electron chi connectivity index (χ0n) is 7.59. The number of anilines is 1. The molecule has 0 aliphatic rings. The van der Waals surface area contributed by atoms with E-state index in [4.69, 9.17) is 5.11 Å². The molecule has 0 saturated heterocycles. The van der Waals surface area contributed by atoms with E-state index in [0.29, 0.717) is 6.54 Å². The maximum Gasteiger partial charge on any atom is 0.0555 e. The Bertz CT molecular complexity index is 213. The highest BCUT2D eigenvalue weighted by atomic mass is 16.3. The summed E-state index contributed by atoms with van der Waals surface area (Å²) in [7, 11) is 0. The van der Waals surface area contributed by atoms with Crippen LogP contribution in [0.2, 0.25) is 0 Å². The van der Waals surface area contributed by atoms with Crippen LogP contribution >= 0.6 is 0 Å². The van der Waals surface area contributed by atoms with Crippen molar-refractivity contribution in [2.45, 2.75) is 0 Å². The number of aliphatic hydroxyl groups is 1. The summed E-state index contributed by atoms with van der Waals surface area (Å²) in [6.45, 7) is 2.58. The minimum absolute atomic E-state index is 0.195. The van der Waals surface area contributed by atoms with E-state index >= 15 is 0 Å². The largest absolute Gasteiger partial charge is 0.395 e. The van der Waals surface area contributed by atoms with Crippen LogP contribution in [0.5, 0.6) is 0 Å². The van der Waals surface area contributed by atoms with E-state index in [2.05, 4.69) is 16.7 Å². The summed E-state index contributed by atoms with van der Waals surface area (Å²) in [5, 5.41) is 14.8. The highest BCUT2D eigenvalue weighted by molar-refractivity contribution is 5.41. The molecule has 3 heteroatoms. The molecule has 0 aromatic heterocycles. The van der Waals surface area contributed by atoms with E-state index < -0.39 is 0 Å². The first kappa shape index (κ1) is 10.0. The van der Waals surface area contributed by atoms with Gasteiger partial charge in [-0.1, -0.05) is 12.1 Å². The maximum absolute atomic E-state index is 8.50. The van der Waals surface area contributed by atoms with Gasteiger partial charge in [0.25, 0.3) is 0 Å². The standard InChI is InChI=1S/C10H15N2O/c13-9-8-11-6-7-12-10-4-2-1-3-5-10/h2-5,11-13H,6-9H2. The molecule has 0 heterocycles. The molecule has 0 atom stereocenters. The van der Waals surface area contributed by atoms with Crippen LogP contribution in [0, 0.1) is 6.07 Å². The first-order valence-electron chi connectivity index (χ1n) is 4.45. The van der Waals surface area contributed by atoms with Gasteiger partial charge in [-0.25, -0.2) is 0 Å². The number of nitrogens with one attached hydrogen (secondary N) is 2. The molecule has 1 radical (unpaired) electrons. The molecule has 0 amide bonds. The average molecular weight is 179 g/mol. The summed E-state index contributed by atoms with van der Waals surface area (Å²) in [4.78, 5) is 0. The number of aliphatic hydroxyl groups excluding tert-OH is 1. The van der Waals surface area contributed by atoms with Crippen molar-refractivity contribution in [3.63, 3.8) is 0 Å². The summed E-state index contributed by atoms with van der Waals surface area (Å²) in [6, 6.07) is 10.7. The molecular weight excluding hydrogens is 164 g/mol. The normalized spacial score (nSPS) is 9.92. The predicted molar refractivity (Wildman–Crippen MR) is 53.7 cm³/mol. The molecule has 3 nitrogen and oxygen atoms in total. The molecule has 0 spiro atoms. The third-order valence-corrected chi connectivity index (χ3v) is 1.64. The monoisotopic (exact) mass is 179 g/mol. The summed E-state index contributed by atoms with van der Waals surface area (Å²) in [6.07, 6.45) is 0. The van der Waals surface area contributed by atoms with Gasteiger partial charge in [-0.3, -0.25) is 0 Å². The van der Waals surface area contributed by atoms with Crippen molar-refractivity contribution in [2.24, 2.45) is 0 Å². The maximum atomic E-state index is 8.50. The van der Waals surface area contributed by atoms with Crippen LogP contribution in [0.1, 0.15) is 0 Å². The highest BCUT2D eigenvalue weighted by Gasteiger charge is 1.88. The highest BCUT2D eigenvalue weighted by Crippen LogP contribution is 2.02. The fraction of sp³-hybridized carbons (Fsp3) is 0.400. The zero-order valence-corrected chi connectivity index (χ0v) is 7.59. The first-order valence-corrected chi connectivity index (χ1v) is 4.45. The average Bonchev–Trinajstić information content (AvgIpc) is 2.19. The van der Waals surface area contributed by atoms with Crippen LogP contribution in [0.15, 0.2) is 24.3 Å². The lowest BCUT2D eigenvalue weighted by molar-refractivity contribution is 0.293. The van der Waals surface area contributed by atoms with Gasteiger partial charge in [-0.2, -0.15) is 0 Å². The molecule has 71 valence electrons. The molecule has 0 aliphatic carbocycles. The van der Waals surface area contributed by atoms with Crippen molar-refractivity contribution < 1.29 is 5.11 Å². The Hall–Kier alpha value is -1.06. The second-order valence-electron chi connectivity index (χ2n) is 2.69. The molecule has 3 N–H and O–H groups in total. The van der Waals surface area contributed by atoms with Gasteiger partial charge in [0.2, 0.25) is 0 Å². The molecule has 1 aromatic carbocycles. The lowest BCUT2D eigenvalue weighted by Crippen LogP contribution is -2.24. The Balaban J connectivity index is 2.07. The van der Waals surface area contributed by atoms with E-state index in [1.54, 1.807) is 0 Å². The van der Waals surface area contributed by atoms with Gasteiger partial charge < -0.3 is 15.7 Å². The van der Waals surface area contributed by atoms with E-state index in [9.17, 15) is 0 Å². The van der Waals surface area contributed by atoms with Gasteiger partial charge in [0.15, 0.2) is 0 Å². The SMILES string of the molecule is OCCNCCNc1cc[c]cc1. The van der Waals surface area contributed by atoms with Crippen molar-refractivity contribution >= 4 is 5.69 Å². The molecule has 13 heavy (non-hydrogen) atoms. The molecular formula is C10H15N2O. The molecule has 0 aliphatic heterocycles. The molecule has 0 unspecified atom stereocenters. The smallest absolute Gasteiger partial charge is 0.0555 e. The van der Waals surface area contributed by atoms with E-state index in [1.165, 1.54) is 0 Å². The van der Waals surface area contributed by atoms with Crippen LogP contribution in [0.4, 0.5) is 5.69 Å². The second-order valence-corrected chi connectivity index (χ2v) is 2.69. The number of rotatable bonds is 6. The molecule has 0 saturated carbocycles. The number of hydrogen-bond acceptors (Lipinski definition) is 3. The fourth-order valence-corrected chi connectivity index (χ4v) is 1.00. The van der Waals surface area contributed by atoms with Gasteiger partial charge in [0, 0.05) is 25.3 Å². The quantitative estimate of drug-likeness (QED) is 0.557. The lowest BCUT2D eigenvalue weighted by atomic mass is 10.3. The third kappa shape index (κ3) is 4.50.